The fourth-order valence-electron chi connectivity index (χ4n) is 3.97. The molecule has 0 spiro atoms. The molecule has 3 amide bonds. The number of nitrogens with one attached hydrogen (secondary N) is 1. The number of benzene rings is 1. The number of hydrogen-bond donors (Lipinski definition) is 3. The highest BCUT2D eigenvalue weighted by Crippen LogP contribution is 2.28. The Bertz CT molecular complexity index is 888. The second-order valence-corrected chi connectivity index (χ2v) is 8.71. The molecular weight excluding hydrogens is 420 g/mol. The maximum atomic E-state index is 12.5. The number of unbranched alkanes of at least 4 members (excludes halogenated alkanes) is 2. The number of urea groups is 1. The number of anilines is 1. The van der Waals surface area contributed by atoms with E-state index in [2.05, 4.69) is 12.2 Å². The fourth-order valence-corrected chi connectivity index (χ4v) is 3.97. The number of aliphatic hydroxyl groups is 1. The highest BCUT2D eigenvalue weighted by atomic mass is 16.4. The molecule has 2 atom stereocenters. The van der Waals surface area contributed by atoms with E-state index in [-0.39, 0.29) is 24.0 Å². The summed E-state index contributed by atoms with van der Waals surface area (Å²) in [6.07, 6.45) is 9.48. The predicted molar refractivity (Wildman–Crippen MR) is 129 cm³/mol. The number of carboxylic acid groups (broad SMARTS) is 1. The molecule has 0 aliphatic carbocycles. The van der Waals surface area contributed by atoms with Crippen LogP contribution in [0.5, 0.6) is 0 Å². The molecule has 1 saturated heterocycles. The van der Waals surface area contributed by atoms with Crippen molar-refractivity contribution < 1.29 is 24.6 Å². The molecule has 1 fully saturated rings. The van der Waals surface area contributed by atoms with Crippen LogP contribution in [-0.2, 0) is 9.59 Å². The largest absolute Gasteiger partial charge is 0.478 e. The first kappa shape index (κ1) is 26.3. The molecule has 0 radical (unpaired) electrons. The molecule has 7 nitrogen and oxygen atoms in total. The summed E-state index contributed by atoms with van der Waals surface area (Å²) in [7, 11) is 0. The maximum absolute atomic E-state index is 12.5. The van der Waals surface area contributed by atoms with Crippen molar-refractivity contribution in [1.29, 1.82) is 0 Å². The molecule has 1 heterocycles. The van der Waals surface area contributed by atoms with Crippen LogP contribution in [0.1, 0.15) is 77.2 Å². The molecule has 1 aromatic carbocycles. The fraction of sp³-hybridized carbons (Fsp3) is 0.500. The van der Waals surface area contributed by atoms with Gasteiger partial charge in [0.25, 0.3) is 5.91 Å². The van der Waals surface area contributed by atoms with Crippen molar-refractivity contribution in [3.05, 3.63) is 53.1 Å². The number of carbonyl (C=O) groups is 3. The minimum atomic E-state index is -0.951. The lowest BCUT2D eigenvalue weighted by Crippen LogP contribution is -2.35. The molecule has 180 valence electrons. The van der Waals surface area contributed by atoms with Gasteiger partial charge in [-0.25, -0.2) is 9.59 Å². The summed E-state index contributed by atoms with van der Waals surface area (Å²) in [5, 5.41) is 21.1. The molecule has 1 aromatic rings. The zero-order valence-corrected chi connectivity index (χ0v) is 19.8. The molecular formula is C26H36N2O5. The lowest BCUT2D eigenvalue weighted by atomic mass is 9.93. The second-order valence-electron chi connectivity index (χ2n) is 8.71. The van der Waals surface area contributed by atoms with Gasteiger partial charge in [-0.15, -0.1) is 0 Å². The first-order valence-electron chi connectivity index (χ1n) is 11.7. The van der Waals surface area contributed by atoms with Gasteiger partial charge in [0.05, 0.1) is 0 Å². The summed E-state index contributed by atoms with van der Waals surface area (Å²) >= 11 is 0. The minimum Gasteiger partial charge on any atom is -0.478 e. The second kappa shape index (κ2) is 12.9. The van der Waals surface area contributed by atoms with Gasteiger partial charge in [0.1, 0.15) is 6.04 Å². The van der Waals surface area contributed by atoms with Crippen LogP contribution >= 0.6 is 0 Å². The van der Waals surface area contributed by atoms with Gasteiger partial charge >= 0.3 is 12.0 Å². The summed E-state index contributed by atoms with van der Waals surface area (Å²) in [5.74, 6) is -1.18. The maximum Gasteiger partial charge on any atom is 0.331 e. The first-order valence-corrected chi connectivity index (χ1v) is 11.7. The van der Waals surface area contributed by atoms with Crippen molar-refractivity contribution in [3.8, 4) is 0 Å². The van der Waals surface area contributed by atoms with E-state index in [1.165, 1.54) is 11.8 Å². The van der Waals surface area contributed by atoms with Crippen molar-refractivity contribution in [2.24, 2.45) is 0 Å². The molecule has 3 N–H and O–H groups in total. The SMILES string of the molecule is CCCCCC(CO)c1ccc(N2C(=O)NC(=O)C2CCC/C(C)=C/C=C(\C)C(=O)O)cc1. The van der Waals surface area contributed by atoms with Crippen LogP contribution in [0.15, 0.2) is 47.6 Å². The lowest BCUT2D eigenvalue weighted by molar-refractivity contribution is -0.132. The van der Waals surface area contributed by atoms with Crippen molar-refractivity contribution in [1.82, 2.24) is 5.32 Å². The highest BCUT2D eigenvalue weighted by Gasteiger charge is 2.38. The van der Waals surface area contributed by atoms with E-state index in [1.807, 2.05) is 31.2 Å². The van der Waals surface area contributed by atoms with E-state index in [0.29, 0.717) is 24.9 Å². The normalized spacial score (nSPS) is 17.9. The number of hydrogen-bond acceptors (Lipinski definition) is 4. The van der Waals surface area contributed by atoms with E-state index < -0.39 is 18.0 Å². The molecule has 1 aliphatic rings. The third-order valence-corrected chi connectivity index (χ3v) is 6.09. The van der Waals surface area contributed by atoms with Crippen LogP contribution in [0.4, 0.5) is 10.5 Å². The Morgan fingerprint density at radius 2 is 1.82 bits per heavy atom. The van der Waals surface area contributed by atoms with Gasteiger partial charge in [0.15, 0.2) is 0 Å². The molecule has 7 heteroatoms. The molecule has 33 heavy (non-hydrogen) atoms. The minimum absolute atomic E-state index is 0.0732. The van der Waals surface area contributed by atoms with E-state index >= 15 is 0 Å². The number of carboxylic acids is 1. The highest BCUT2D eigenvalue weighted by molar-refractivity contribution is 6.14. The Kier molecular flexibility index (Phi) is 10.3. The molecule has 0 aromatic heterocycles. The third kappa shape index (κ3) is 7.56. The van der Waals surface area contributed by atoms with Crippen molar-refractivity contribution in [2.75, 3.05) is 11.5 Å². The summed E-state index contributed by atoms with van der Waals surface area (Å²) in [5.41, 5.74) is 2.96. The summed E-state index contributed by atoms with van der Waals surface area (Å²) < 4.78 is 0. The number of nitrogens with zero attached hydrogens (tertiary/aromatic N) is 1. The Balaban J connectivity index is 2.03. The number of aliphatic carboxylic acids is 1. The average Bonchev–Trinajstić information content (AvgIpc) is 3.08. The number of rotatable bonds is 13. The Labute approximate surface area is 196 Å². The average molecular weight is 457 g/mol. The molecule has 1 aliphatic heterocycles. The molecule has 0 bridgehead atoms. The Morgan fingerprint density at radius 3 is 2.42 bits per heavy atom. The van der Waals surface area contributed by atoms with Gasteiger partial charge in [-0.3, -0.25) is 15.0 Å². The quantitative estimate of drug-likeness (QED) is 0.169. The third-order valence-electron chi connectivity index (χ3n) is 6.09. The number of carbonyl (C=O) groups excluding carboxylic acids is 2. The van der Waals surface area contributed by atoms with Crippen molar-refractivity contribution in [3.63, 3.8) is 0 Å². The molecule has 2 rings (SSSR count). The van der Waals surface area contributed by atoms with Gasteiger partial charge in [-0.05, 0) is 57.2 Å². The van der Waals surface area contributed by atoms with Gasteiger partial charge in [-0.1, -0.05) is 56.0 Å². The topological polar surface area (TPSA) is 107 Å². The number of amides is 3. The number of aliphatic hydroxyl groups excluding tert-OH is 1. The van der Waals surface area contributed by atoms with E-state index in [9.17, 15) is 19.5 Å². The van der Waals surface area contributed by atoms with Crippen molar-refractivity contribution in [2.45, 2.75) is 77.7 Å². The zero-order valence-electron chi connectivity index (χ0n) is 19.8. The van der Waals surface area contributed by atoms with Crippen LogP contribution in [-0.4, -0.2) is 40.8 Å². The number of allylic oxidation sites excluding steroid dienone is 3. The molecule has 0 saturated carbocycles. The van der Waals surface area contributed by atoms with Gasteiger partial charge < -0.3 is 10.2 Å². The zero-order chi connectivity index (χ0) is 24.4. The summed E-state index contributed by atoms with van der Waals surface area (Å²) in [6, 6.07) is 6.54. The van der Waals surface area contributed by atoms with Crippen LogP contribution < -0.4 is 10.2 Å². The van der Waals surface area contributed by atoms with Crippen LogP contribution in [0.3, 0.4) is 0 Å². The van der Waals surface area contributed by atoms with E-state index in [4.69, 9.17) is 5.11 Å². The van der Waals surface area contributed by atoms with Crippen LogP contribution in [0.25, 0.3) is 0 Å². The van der Waals surface area contributed by atoms with Crippen LogP contribution in [0.2, 0.25) is 0 Å². The Morgan fingerprint density at radius 1 is 1.12 bits per heavy atom. The van der Waals surface area contributed by atoms with Crippen LogP contribution in [0, 0.1) is 0 Å². The van der Waals surface area contributed by atoms with Gasteiger partial charge in [0.2, 0.25) is 0 Å². The monoisotopic (exact) mass is 456 g/mol. The van der Waals surface area contributed by atoms with Gasteiger partial charge in [-0.2, -0.15) is 0 Å². The predicted octanol–water partition coefficient (Wildman–Crippen LogP) is 4.92. The number of imide groups is 1. The molecule has 2 unspecified atom stereocenters. The summed E-state index contributed by atoms with van der Waals surface area (Å²) in [4.78, 5) is 37.3. The van der Waals surface area contributed by atoms with Crippen molar-refractivity contribution >= 4 is 23.6 Å². The van der Waals surface area contributed by atoms with E-state index in [1.54, 1.807) is 12.2 Å². The first-order chi connectivity index (χ1) is 15.8. The van der Waals surface area contributed by atoms with E-state index in [0.717, 1.165) is 36.8 Å². The summed E-state index contributed by atoms with van der Waals surface area (Å²) in [6.45, 7) is 5.69. The lowest BCUT2D eigenvalue weighted by Gasteiger charge is -2.23. The smallest absolute Gasteiger partial charge is 0.331 e. The Hall–Kier alpha value is -2.93. The standard InChI is InChI=1S/C26H36N2O5/c1-4-5-6-9-21(17-29)20-13-15-22(16-14-20)28-23(24(30)27-26(28)33)10-7-8-18(2)11-12-19(3)25(31)32/h11-16,21,23,29H,4-10,17H2,1-3H3,(H,31,32)(H,27,30,33)/b18-11+,19-12+. The van der Waals surface area contributed by atoms with Gasteiger partial charge in [0, 0.05) is 23.8 Å².